The summed E-state index contributed by atoms with van der Waals surface area (Å²) in [6.07, 6.45) is 8.47. The van der Waals surface area contributed by atoms with Gasteiger partial charge in [-0.05, 0) is 37.8 Å². The van der Waals surface area contributed by atoms with Gasteiger partial charge in [0.25, 0.3) is 0 Å². The average molecular weight is 299 g/mol. The molecule has 4 heteroatoms. The van der Waals surface area contributed by atoms with Crippen LogP contribution in [0, 0.1) is 0 Å². The van der Waals surface area contributed by atoms with Crippen LogP contribution in [0.5, 0.6) is 0 Å². The van der Waals surface area contributed by atoms with Crippen LogP contribution in [0.4, 0.5) is 0 Å². The Morgan fingerprint density at radius 3 is 2.86 bits per heavy atom. The van der Waals surface area contributed by atoms with Crippen molar-refractivity contribution in [1.82, 2.24) is 14.5 Å². The molecular weight excluding hydrogens is 274 g/mol. The van der Waals surface area contributed by atoms with E-state index in [-0.39, 0.29) is 0 Å². The number of nitrogens with zero attached hydrogens (tertiary/aromatic N) is 3. The minimum Gasteiger partial charge on any atom is -0.396 e. The van der Waals surface area contributed by atoms with Crippen LogP contribution in [-0.2, 0) is 13.1 Å². The largest absolute Gasteiger partial charge is 0.396 e. The standard InChI is InChI=1S/C18H25N3O/c22-13-5-9-17-8-4-11-20(17)15-18-19-10-12-21(18)14-16-6-2-1-3-7-16/h1-3,6-7,10,12,17,22H,4-5,8-9,11,13-15H2. The molecule has 4 nitrogen and oxygen atoms in total. The Morgan fingerprint density at radius 1 is 1.18 bits per heavy atom. The van der Waals surface area contributed by atoms with Gasteiger partial charge >= 0.3 is 0 Å². The van der Waals surface area contributed by atoms with E-state index >= 15 is 0 Å². The summed E-state index contributed by atoms with van der Waals surface area (Å²) in [7, 11) is 0. The first-order chi connectivity index (χ1) is 10.9. The topological polar surface area (TPSA) is 41.3 Å². The lowest BCUT2D eigenvalue weighted by Gasteiger charge is -2.24. The molecule has 0 radical (unpaired) electrons. The average Bonchev–Trinajstić information content (AvgIpc) is 3.17. The van der Waals surface area contributed by atoms with Crippen LogP contribution < -0.4 is 0 Å². The molecule has 1 unspecified atom stereocenters. The molecule has 1 fully saturated rings. The van der Waals surface area contributed by atoms with Crippen molar-refractivity contribution in [2.45, 2.75) is 44.8 Å². The van der Waals surface area contributed by atoms with Gasteiger partial charge in [-0.25, -0.2) is 4.98 Å². The Labute approximate surface area is 132 Å². The molecule has 0 spiro atoms. The highest BCUT2D eigenvalue weighted by atomic mass is 16.2. The molecular formula is C18H25N3O. The normalized spacial score (nSPS) is 18.9. The van der Waals surface area contributed by atoms with Crippen LogP contribution in [0.25, 0.3) is 0 Å². The van der Waals surface area contributed by atoms with E-state index in [1.54, 1.807) is 0 Å². The van der Waals surface area contributed by atoms with Crippen molar-refractivity contribution in [3.05, 3.63) is 54.1 Å². The first-order valence-electron chi connectivity index (χ1n) is 8.25. The molecule has 0 saturated carbocycles. The molecule has 1 aromatic heterocycles. The van der Waals surface area contributed by atoms with Crippen LogP contribution in [0.1, 0.15) is 37.1 Å². The number of rotatable bonds is 7. The van der Waals surface area contributed by atoms with Crippen molar-refractivity contribution in [2.24, 2.45) is 0 Å². The molecule has 2 aromatic rings. The van der Waals surface area contributed by atoms with Crippen molar-refractivity contribution in [3.63, 3.8) is 0 Å². The number of hydrogen-bond acceptors (Lipinski definition) is 3. The Hall–Kier alpha value is -1.65. The second kappa shape index (κ2) is 7.56. The molecule has 0 aliphatic carbocycles. The van der Waals surface area contributed by atoms with E-state index < -0.39 is 0 Å². The molecule has 118 valence electrons. The maximum Gasteiger partial charge on any atom is 0.123 e. The van der Waals surface area contributed by atoms with Gasteiger partial charge in [-0.2, -0.15) is 0 Å². The Bertz CT molecular complexity index is 567. The van der Waals surface area contributed by atoms with Crippen LogP contribution in [0.2, 0.25) is 0 Å². The van der Waals surface area contributed by atoms with Crippen LogP contribution in [0.15, 0.2) is 42.7 Å². The summed E-state index contributed by atoms with van der Waals surface area (Å²) >= 11 is 0. The van der Waals surface area contributed by atoms with Crippen molar-refractivity contribution in [2.75, 3.05) is 13.2 Å². The van der Waals surface area contributed by atoms with Gasteiger partial charge in [0.2, 0.25) is 0 Å². The van der Waals surface area contributed by atoms with E-state index in [0.29, 0.717) is 12.6 Å². The summed E-state index contributed by atoms with van der Waals surface area (Å²) in [6.45, 7) is 3.24. The first-order valence-corrected chi connectivity index (χ1v) is 8.25. The van der Waals surface area contributed by atoms with E-state index in [1.807, 2.05) is 12.3 Å². The minimum atomic E-state index is 0.299. The van der Waals surface area contributed by atoms with Crippen molar-refractivity contribution in [1.29, 1.82) is 0 Å². The van der Waals surface area contributed by atoms with Gasteiger partial charge in [0, 0.05) is 31.6 Å². The second-order valence-electron chi connectivity index (χ2n) is 6.09. The molecule has 0 amide bonds. The van der Waals surface area contributed by atoms with E-state index in [4.69, 9.17) is 5.11 Å². The smallest absolute Gasteiger partial charge is 0.123 e. The predicted molar refractivity (Wildman–Crippen MR) is 87.5 cm³/mol. The molecule has 1 aliphatic heterocycles. The molecule has 22 heavy (non-hydrogen) atoms. The highest BCUT2D eigenvalue weighted by Crippen LogP contribution is 2.23. The summed E-state index contributed by atoms with van der Waals surface area (Å²) < 4.78 is 2.25. The summed E-state index contributed by atoms with van der Waals surface area (Å²) in [5.41, 5.74) is 1.31. The number of likely N-dealkylation sites (tertiary alicyclic amines) is 1. The van der Waals surface area contributed by atoms with Crippen molar-refractivity contribution < 1.29 is 5.11 Å². The zero-order valence-corrected chi connectivity index (χ0v) is 13.1. The third-order valence-corrected chi connectivity index (χ3v) is 4.54. The first kappa shape index (κ1) is 15.3. The monoisotopic (exact) mass is 299 g/mol. The van der Waals surface area contributed by atoms with Gasteiger partial charge in [0.1, 0.15) is 5.82 Å². The molecule has 1 N–H and O–H groups in total. The Balaban J connectivity index is 1.64. The van der Waals surface area contributed by atoms with Crippen molar-refractivity contribution in [3.8, 4) is 0 Å². The summed E-state index contributed by atoms with van der Waals surface area (Å²) in [4.78, 5) is 7.09. The van der Waals surface area contributed by atoms with Gasteiger partial charge in [-0.3, -0.25) is 4.90 Å². The molecule has 3 rings (SSSR count). The highest BCUT2D eigenvalue weighted by Gasteiger charge is 2.25. The predicted octanol–water partition coefficient (Wildman–Crippen LogP) is 2.67. The quantitative estimate of drug-likeness (QED) is 0.854. The van der Waals surface area contributed by atoms with Gasteiger partial charge < -0.3 is 9.67 Å². The summed E-state index contributed by atoms with van der Waals surface area (Å²) in [6, 6.07) is 11.1. The van der Waals surface area contributed by atoms with Gasteiger partial charge in [0.05, 0.1) is 6.54 Å². The van der Waals surface area contributed by atoms with Crippen molar-refractivity contribution >= 4 is 0 Å². The summed E-state index contributed by atoms with van der Waals surface area (Å²) in [5.74, 6) is 1.14. The number of hydrogen-bond donors (Lipinski definition) is 1. The van der Waals surface area contributed by atoms with E-state index in [2.05, 4.69) is 44.9 Å². The SMILES string of the molecule is OCCCC1CCCN1Cc1nccn1Cc1ccccc1. The molecule has 1 atom stereocenters. The fourth-order valence-corrected chi connectivity index (χ4v) is 3.35. The van der Waals surface area contributed by atoms with E-state index in [0.717, 1.165) is 38.3 Å². The lowest BCUT2D eigenvalue weighted by Crippen LogP contribution is -2.30. The number of benzene rings is 1. The highest BCUT2D eigenvalue weighted by molar-refractivity contribution is 5.15. The molecule has 0 bridgehead atoms. The van der Waals surface area contributed by atoms with Crippen LogP contribution in [-0.4, -0.2) is 38.8 Å². The van der Waals surface area contributed by atoms with E-state index in [9.17, 15) is 0 Å². The molecule has 1 saturated heterocycles. The van der Waals surface area contributed by atoms with Gasteiger partial charge in [0.15, 0.2) is 0 Å². The maximum absolute atomic E-state index is 9.04. The second-order valence-corrected chi connectivity index (χ2v) is 6.09. The van der Waals surface area contributed by atoms with Gasteiger partial charge in [-0.1, -0.05) is 30.3 Å². The Kier molecular flexibility index (Phi) is 5.24. The fraction of sp³-hybridized carbons (Fsp3) is 0.500. The van der Waals surface area contributed by atoms with E-state index in [1.165, 1.54) is 18.4 Å². The number of aliphatic hydroxyl groups is 1. The lowest BCUT2D eigenvalue weighted by atomic mass is 10.1. The number of imidazole rings is 1. The maximum atomic E-state index is 9.04. The molecule has 1 aromatic carbocycles. The number of aromatic nitrogens is 2. The van der Waals surface area contributed by atoms with Gasteiger partial charge in [-0.15, -0.1) is 0 Å². The lowest BCUT2D eigenvalue weighted by molar-refractivity contribution is 0.204. The zero-order valence-electron chi connectivity index (χ0n) is 13.1. The molecule has 1 aliphatic rings. The zero-order chi connectivity index (χ0) is 15.2. The third kappa shape index (κ3) is 3.76. The minimum absolute atomic E-state index is 0.299. The van der Waals surface area contributed by atoms with Crippen LogP contribution in [0.3, 0.4) is 0 Å². The number of aliphatic hydroxyl groups excluding tert-OH is 1. The molecule has 2 heterocycles. The van der Waals surface area contributed by atoms with Crippen LogP contribution >= 0.6 is 0 Å². The Morgan fingerprint density at radius 2 is 2.05 bits per heavy atom. The fourth-order valence-electron chi connectivity index (χ4n) is 3.35. The third-order valence-electron chi connectivity index (χ3n) is 4.54. The summed E-state index contributed by atoms with van der Waals surface area (Å²) in [5, 5.41) is 9.04.